The monoisotopic (exact) mass is 397 g/mol. The molecule has 1 saturated heterocycles. The highest BCUT2D eigenvalue weighted by molar-refractivity contribution is 5.99. The van der Waals surface area contributed by atoms with E-state index < -0.39 is 0 Å². The molecule has 0 radical (unpaired) electrons. The fourth-order valence-electron chi connectivity index (χ4n) is 3.32. The Morgan fingerprint density at radius 1 is 1.17 bits per heavy atom. The summed E-state index contributed by atoms with van der Waals surface area (Å²) in [5.74, 6) is 0.637. The van der Waals surface area contributed by atoms with E-state index in [1.165, 1.54) is 0 Å². The molecule has 0 aliphatic carbocycles. The normalized spacial score (nSPS) is 14.7. The first-order valence-corrected chi connectivity index (χ1v) is 9.99. The number of hydrogen-bond donors (Lipinski definition) is 1. The molecule has 1 amide bonds. The largest absolute Gasteiger partial charge is 0.383 e. The number of hydrogen-bond acceptors (Lipinski definition) is 6. The van der Waals surface area contributed by atoms with Crippen molar-refractivity contribution in [2.45, 2.75) is 0 Å². The molecule has 1 aromatic carbocycles. The van der Waals surface area contributed by atoms with Crippen LogP contribution in [0.3, 0.4) is 0 Å². The average molecular weight is 398 g/mol. The molecule has 29 heavy (non-hydrogen) atoms. The van der Waals surface area contributed by atoms with Crippen LogP contribution in [0.2, 0.25) is 0 Å². The molecule has 156 valence electrons. The lowest BCUT2D eigenvalue weighted by molar-refractivity contribution is 0.0664. The summed E-state index contributed by atoms with van der Waals surface area (Å²) < 4.78 is 5.15. The number of ether oxygens (including phenoxy) is 1. The molecular weight excluding hydrogens is 366 g/mol. The number of rotatable bonds is 7. The van der Waals surface area contributed by atoms with Crippen molar-refractivity contribution in [3.63, 3.8) is 0 Å². The van der Waals surface area contributed by atoms with Crippen LogP contribution in [0.5, 0.6) is 0 Å². The highest BCUT2D eigenvalue weighted by Crippen LogP contribution is 2.26. The van der Waals surface area contributed by atoms with E-state index in [9.17, 15) is 4.79 Å². The number of pyridine rings is 1. The molecule has 7 nitrogen and oxygen atoms in total. The molecule has 1 N–H and O–H groups in total. The van der Waals surface area contributed by atoms with E-state index in [0.717, 1.165) is 43.1 Å². The van der Waals surface area contributed by atoms with Crippen LogP contribution in [0.25, 0.3) is 11.3 Å². The number of nitrogens with zero attached hydrogens (tertiary/aromatic N) is 4. The molecule has 0 atom stereocenters. The van der Waals surface area contributed by atoms with E-state index in [1.807, 2.05) is 43.3 Å². The van der Waals surface area contributed by atoms with Gasteiger partial charge >= 0.3 is 0 Å². The van der Waals surface area contributed by atoms with Gasteiger partial charge in [-0.25, -0.2) is 4.98 Å². The van der Waals surface area contributed by atoms with Crippen LogP contribution in [-0.4, -0.2) is 88.3 Å². The van der Waals surface area contributed by atoms with Gasteiger partial charge in [0.25, 0.3) is 5.91 Å². The summed E-state index contributed by atoms with van der Waals surface area (Å²) in [6, 6.07) is 12.0. The maximum atomic E-state index is 13.1. The third kappa shape index (κ3) is 5.25. The van der Waals surface area contributed by atoms with E-state index in [1.54, 1.807) is 7.11 Å². The van der Waals surface area contributed by atoms with Crippen LogP contribution >= 0.6 is 0 Å². The summed E-state index contributed by atoms with van der Waals surface area (Å²) in [6.07, 6.45) is 0. The number of anilines is 2. The van der Waals surface area contributed by atoms with E-state index >= 15 is 0 Å². The first-order chi connectivity index (χ1) is 14.0. The lowest BCUT2D eigenvalue weighted by Gasteiger charge is -2.32. The summed E-state index contributed by atoms with van der Waals surface area (Å²) in [5, 5.41) is 3.29. The summed E-state index contributed by atoms with van der Waals surface area (Å²) >= 11 is 0. The molecule has 0 saturated carbocycles. The van der Waals surface area contributed by atoms with Gasteiger partial charge in [-0.05, 0) is 31.3 Å². The number of carbonyl (C=O) groups excluding carboxylic acids is 1. The Bertz CT molecular complexity index is 832. The zero-order chi connectivity index (χ0) is 20.8. The van der Waals surface area contributed by atoms with Crippen LogP contribution in [0.1, 0.15) is 10.4 Å². The van der Waals surface area contributed by atoms with Gasteiger partial charge in [-0.2, -0.15) is 0 Å². The number of aromatic nitrogens is 1. The van der Waals surface area contributed by atoms with Gasteiger partial charge in [0.1, 0.15) is 5.82 Å². The Morgan fingerprint density at radius 2 is 1.93 bits per heavy atom. The SMILES string of the molecule is COCCNc1nc(-c2cccc(N(C)C)c2)ccc1C(=O)N1CCN(C)CC1. The van der Waals surface area contributed by atoms with E-state index in [4.69, 9.17) is 9.72 Å². The van der Waals surface area contributed by atoms with Gasteiger partial charge < -0.3 is 24.8 Å². The van der Waals surface area contributed by atoms with Crippen LogP contribution in [-0.2, 0) is 4.74 Å². The van der Waals surface area contributed by atoms with Crippen molar-refractivity contribution in [3.8, 4) is 11.3 Å². The minimum Gasteiger partial charge on any atom is -0.383 e. The van der Waals surface area contributed by atoms with Crippen molar-refractivity contribution in [2.24, 2.45) is 0 Å². The number of nitrogens with one attached hydrogen (secondary N) is 1. The summed E-state index contributed by atoms with van der Waals surface area (Å²) in [5.41, 5.74) is 3.57. The third-order valence-corrected chi connectivity index (χ3v) is 5.17. The number of piperazine rings is 1. The Hall–Kier alpha value is -2.64. The highest BCUT2D eigenvalue weighted by Gasteiger charge is 2.23. The second-order valence-electron chi connectivity index (χ2n) is 7.55. The highest BCUT2D eigenvalue weighted by atomic mass is 16.5. The number of amides is 1. The molecule has 3 rings (SSSR count). The van der Waals surface area contributed by atoms with Crippen LogP contribution < -0.4 is 10.2 Å². The maximum absolute atomic E-state index is 13.1. The Morgan fingerprint density at radius 3 is 2.62 bits per heavy atom. The molecule has 1 aliphatic rings. The van der Waals surface area contributed by atoms with Crippen molar-refractivity contribution in [1.29, 1.82) is 0 Å². The van der Waals surface area contributed by atoms with Crippen LogP contribution in [0.15, 0.2) is 36.4 Å². The number of likely N-dealkylation sites (N-methyl/N-ethyl adjacent to an activating group) is 1. The third-order valence-electron chi connectivity index (χ3n) is 5.17. The van der Waals surface area contributed by atoms with Crippen molar-refractivity contribution >= 4 is 17.4 Å². The molecule has 0 unspecified atom stereocenters. The van der Waals surface area contributed by atoms with Crippen LogP contribution in [0, 0.1) is 0 Å². The van der Waals surface area contributed by atoms with Crippen molar-refractivity contribution < 1.29 is 9.53 Å². The van der Waals surface area contributed by atoms with Crippen molar-refractivity contribution in [2.75, 3.05) is 77.8 Å². The Balaban J connectivity index is 1.90. The van der Waals surface area contributed by atoms with E-state index in [-0.39, 0.29) is 5.91 Å². The van der Waals surface area contributed by atoms with Gasteiger partial charge in [0.15, 0.2) is 0 Å². The maximum Gasteiger partial charge on any atom is 0.257 e. The van der Waals surface area contributed by atoms with Gasteiger partial charge in [-0.3, -0.25) is 4.79 Å². The second kappa shape index (κ2) is 9.71. The zero-order valence-electron chi connectivity index (χ0n) is 17.8. The van der Waals surface area contributed by atoms with Crippen LogP contribution in [0.4, 0.5) is 11.5 Å². The molecule has 1 fully saturated rings. The lowest BCUT2D eigenvalue weighted by atomic mass is 10.1. The van der Waals surface area contributed by atoms with Gasteiger partial charge in [0, 0.05) is 65.2 Å². The second-order valence-corrected chi connectivity index (χ2v) is 7.55. The lowest BCUT2D eigenvalue weighted by Crippen LogP contribution is -2.47. The molecule has 2 aromatic rings. The predicted octanol–water partition coefficient (Wildman–Crippen LogP) is 2.26. The van der Waals surface area contributed by atoms with Crippen molar-refractivity contribution in [1.82, 2.24) is 14.8 Å². The Labute approximate surface area is 173 Å². The quantitative estimate of drug-likeness (QED) is 0.724. The van der Waals surface area contributed by atoms with Gasteiger partial charge in [0.05, 0.1) is 17.9 Å². The smallest absolute Gasteiger partial charge is 0.257 e. The summed E-state index contributed by atoms with van der Waals surface area (Å²) in [4.78, 5) is 24.1. The van der Waals surface area contributed by atoms with Gasteiger partial charge in [-0.1, -0.05) is 12.1 Å². The topological polar surface area (TPSA) is 60.9 Å². The first-order valence-electron chi connectivity index (χ1n) is 9.99. The average Bonchev–Trinajstić information content (AvgIpc) is 2.74. The van der Waals surface area contributed by atoms with E-state index in [2.05, 4.69) is 34.3 Å². The fourth-order valence-corrected chi connectivity index (χ4v) is 3.32. The molecular formula is C22H31N5O2. The van der Waals surface area contributed by atoms with Crippen molar-refractivity contribution in [3.05, 3.63) is 42.0 Å². The molecule has 7 heteroatoms. The minimum atomic E-state index is 0.0270. The predicted molar refractivity (Wildman–Crippen MR) is 118 cm³/mol. The molecule has 0 spiro atoms. The molecule has 1 aliphatic heterocycles. The number of benzene rings is 1. The number of carbonyl (C=O) groups is 1. The first kappa shape index (κ1) is 21.1. The Kier molecular flexibility index (Phi) is 7.06. The summed E-state index contributed by atoms with van der Waals surface area (Å²) in [6.45, 7) is 4.39. The summed E-state index contributed by atoms with van der Waals surface area (Å²) in [7, 11) is 7.77. The minimum absolute atomic E-state index is 0.0270. The van der Waals surface area contributed by atoms with Gasteiger partial charge in [0.2, 0.25) is 0 Å². The fraction of sp³-hybridized carbons (Fsp3) is 0.455. The molecule has 1 aromatic heterocycles. The zero-order valence-corrected chi connectivity index (χ0v) is 17.8. The van der Waals surface area contributed by atoms with Gasteiger partial charge in [-0.15, -0.1) is 0 Å². The number of methoxy groups -OCH3 is 1. The standard InChI is InChI=1S/C22H31N5O2/c1-25(2)18-7-5-6-17(16-18)20-9-8-19(21(24-20)23-10-15-29-4)22(28)27-13-11-26(3)12-14-27/h5-9,16H,10-15H2,1-4H3,(H,23,24). The molecule has 2 heterocycles. The van der Waals surface area contributed by atoms with E-state index in [0.29, 0.717) is 24.5 Å². The molecule has 0 bridgehead atoms.